The van der Waals surface area contributed by atoms with Crippen molar-refractivity contribution in [3.63, 3.8) is 0 Å². The van der Waals surface area contributed by atoms with E-state index in [1.165, 1.54) is 5.56 Å². The minimum absolute atomic E-state index is 0.148. The zero-order chi connectivity index (χ0) is 15.1. The fourth-order valence-electron chi connectivity index (χ4n) is 2.54. The number of rotatable bonds is 7. The first-order chi connectivity index (χ1) is 10.1. The third kappa shape index (κ3) is 4.97. The van der Waals surface area contributed by atoms with E-state index in [9.17, 15) is 4.39 Å². The van der Waals surface area contributed by atoms with Crippen molar-refractivity contribution < 1.29 is 18.6 Å². The van der Waals surface area contributed by atoms with Gasteiger partial charge in [0.1, 0.15) is 5.75 Å². The Morgan fingerprint density at radius 2 is 1.86 bits per heavy atom. The smallest absolute Gasteiger partial charge is 0.158 e. The second-order valence-electron chi connectivity index (χ2n) is 5.57. The Bertz CT molecular complexity index is 411. The normalized spacial score (nSPS) is 25.8. The van der Waals surface area contributed by atoms with Crippen molar-refractivity contribution >= 4 is 0 Å². The minimum atomic E-state index is -1.30. The number of hydrogen-bond donors (Lipinski definition) is 0. The van der Waals surface area contributed by atoms with Gasteiger partial charge in [0, 0.05) is 6.42 Å². The predicted molar refractivity (Wildman–Crippen MR) is 80.4 cm³/mol. The maximum atomic E-state index is 14.2. The van der Waals surface area contributed by atoms with E-state index >= 15 is 0 Å². The Morgan fingerprint density at radius 3 is 2.43 bits per heavy atom. The van der Waals surface area contributed by atoms with Crippen LogP contribution in [0.3, 0.4) is 0 Å². The van der Waals surface area contributed by atoms with E-state index in [0.717, 1.165) is 25.0 Å². The van der Waals surface area contributed by atoms with E-state index in [-0.39, 0.29) is 19.5 Å². The lowest BCUT2D eigenvalue weighted by molar-refractivity contribution is -0.236. The van der Waals surface area contributed by atoms with E-state index in [2.05, 4.69) is 0 Å². The number of aryl methyl sites for hydroxylation is 1. The van der Waals surface area contributed by atoms with Crippen LogP contribution in [0.5, 0.6) is 5.75 Å². The molecule has 0 atom stereocenters. The van der Waals surface area contributed by atoms with Crippen LogP contribution in [0.15, 0.2) is 24.3 Å². The Morgan fingerprint density at radius 1 is 1.19 bits per heavy atom. The van der Waals surface area contributed by atoms with Gasteiger partial charge in [0.25, 0.3) is 0 Å². The second kappa shape index (κ2) is 7.76. The van der Waals surface area contributed by atoms with Crippen LogP contribution in [0.4, 0.5) is 4.39 Å². The highest BCUT2D eigenvalue weighted by atomic mass is 19.1. The van der Waals surface area contributed by atoms with E-state index < -0.39 is 5.67 Å². The molecular weight excluding hydrogens is 271 g/mol. The van der Waals surface area contributed by atoms with E-state index in [1.807, 2.05) is 38.1 Å². The molecule has 0 unspecified atom stereocenters. The van der Waals surface area contributed by atoms with Crippen molar-refractivity contribution in [1.29, 1.82) is 0 Å². The van der Waals surface area contributed by atoms with Crippen LogP contribution in [0, 0.1) is 0 Å². The summed E-state index contributed by atoms with van der Waals surface area (Å²) in [7, 11) is 0. The molecule has 118 valence electrons. The summed E-state index contributed by atoms with van der Waals surface area (Å²) in [6.45, 7) is 4.91. The molecule has 0 aliphatic carbocycles. The summed E-state index contributed by atoms with van der Waals surface area (Å²) in [5.74, 6) is 0.883. The standard InChI is InChI=1S/C17H25FO3/c1-3-11-17(18)12-20-16(21-13-17)10-7-14-5-8-15(9-6-14)19-4-2/h5-6,8-9,16H,3-4,7,10-13H2,1-2H3. The van der Waals surface area contributed by atoms with Crippen LogP contribution >= 0.6 is 0 Å². The van der Waals surface area contributed by atoms with Crippen molar-refractivity contribution in [2.75, 3.05) is 19.8 Å². The van der Waals surface area contributed by atoms with Gasteiger partial charge in [-0.3, -0.25) is 0 Å². The molecule has 2 rings (SSSR count). The molecule has 0 radical (unpaired) electrons. The summed E-state index contributed by atoms with van der Waals surface area (Å²) >= 11 is 0. The molecule has 1 fully saturated rings. The number of halogens is 1. The summed E-state index contributed by atoms with van der Waals surface area (Å²) < 4.78 is 30.6. The lowest BCUT2D eigenvalue weighted by Crippen LogP contribution is -2.44. The lowest BCUT2D eigenvalue weighted by atomic mass is 10.0. The average molecular weight is 296 g/mol. The first-order valence-corrected chi connectivity index (χ1v) is 7.79. The molecule has 1 aromatic rings. The van der Waals surface area contributed by atoms with Crippen molar-refractivity contribution in [2.45, 2.75) is 51.5 Å². The Labute approximate surface area is 126 Å². The molecule has 1 saturated heterocycles. The molecule has 1 aliphatic heterocycles. The van der Waals surface area contributed by atoms with Crippen LogP contribution in [0.1, 0.15) is 38.7 Å². The number of benzene rings is 1. The third-order valence-electron chi connectivity index (χ3n) is 3.66. The maximum Gasteiger partial charge on any atom is 0.158 e. The first-order valence-electron chi connectivity index (χ1n) is 7.79. The molecule has 0 bridgehead atoms. The van der Waals surface area contributed by atoms with E-state index in [4.69, 9.17) is 14.2 Å². The van der Waals surface area contributed by atoms with Crippen LogP contribution in [0.2, 0.25) is 0 Å². The number of ether oxygens (including phenoxy) is 3. The van der Waals surface area contributed by atoms with Gasteiger partial charge in [-0.05, 0) is 37.5 Å². The van der Waals surface area contributed by atoms with Crippen LogP contribution in [0.25, 0.3) is 0 Å². The van der Waals surface area contributed by atoms with Crippen LogP contribution < -0.4 is 4.74 Å². The predicted octanol–water partition coefficient (Wildman–Crippen LogP) is 3.90. The van der Waals surface area contributed by atoms with Gasteiger partial charge in [0.15, 0.2) is 12.0 Å². The van der Waals surface area contributed by atoms with Gasteiger partial charge in [-0.15, -0.1) is 0 Å². The number of hydrogen-bond acceptors (Lipinski definition) is 3. The van der Waals surface area contributed by atoms with Gasteiger partial charge < -0.3 is 14.2 Å². The van der Waals surface area contributed by atoms with Gasteiger partial charge >= 0.3 is 0 Å². The average Bonchev–Trinajstić information content (AvgIpc) is 2.49. The van der Waals surface area contributed by atoms with Crippen molar-refractivity contribution in [3.8, 4) is 5.75 Å². The fraction of sp³-hybridized carbons (Fsp3) is 0.647. The monoisotopic (exact) mass is 296 g/mol. The van der Waals surface area contributed by atoms with Gasteiger partial charge in [-0.2, -0.15) is 0 Å². The van der Waals surface area contributed by atoms with Gasteiger partial charge in [0.05, 0.1) is 19.8 Å². The summed E-state index contributed by atoms with van der Waals surface area (Å²) in [6.07, 6.45) is 2.61. The zero-order valence-corrected chi connectivity index (χ0v) is 12.9. The molecule has 0 N–H and O–H groups in total. The molecule has 0 spiro atoms. The van der Waals surface area contributed by atoms with Gasteiger partial charge in [0.2, 0.25) is 0 Å². The number of alkyl halides is 1. The minimum Gasteiger partial charge on any atom is -0.494 e. The summed E-state index contributed by atoms with van der Waals surface area (Å²) in [5, 5.41) is 0. The highest BCUT2D eigenvalue weighted by Gasteiger charge is 2.35. The summed E-state index contributed by atoms with van der Waals surface area (Å²) in [5.41, 5.74) is -0.0963. The zero-order valence-electron chi connectivity index (χ0n) is 12.9. The van der Waals surface area contributed by atoms with Crippen LogP contribution in [-0.2, 0) is 15.9 Å². The summed E-state index contributed by atoms with van der Waals surface area (Å²) in [4.78, 5) is 0. The highest BCUT2D eigenvalue weighted by Crippen LogP contribution is 2.26. The van der Waals surface area contributed by atoms with Gasteiger partial charge in [-0.1, -0.05) is 25.5 Å². The molecule has 21 heavy (non-hydrogen) atoms. The third-order valence-corrected chi connectivity index (χ3v) is 3.66. The molecule has 4 heteroatoms. The largest absolute Gasteiger partial charge is 0.494 e. The summed E-state index contributed by atoms with van der Waals surface area (Å²) in [6, 6.07) is 8.03. The molecule has 1 heterocycles. The molecule has 0 amide bonds. The molecule has 1 aromatic carbocycles. The SMILES string of the molecule is CCCC1(F)COC(CCc2ccc(OCC)cc2)OC1. The molecule has 0 saturated carbocycles. The fourth-order valence-corrected chi connectivity index (χ4v) is 2.54. The Balaban J connectivity index is 1.74. The van der Waals surface area contributed by atoms with Crippen LogP contribution in [-0.4, -0.2) is 31.8 Å². The van der Waals surface area contributed by atoms with Gasteiger partial charge in [-0.25, -0.2) is 4.39 Å². The Kier molecular flexibility index (Phi) is 6.00. The van der Waals surface area contributed by atoms with Crippen molar-refractivity contribution in [1.82, 2.24) is 0 Å². The van der Waals surface area contributed by atoms with Crippen molar-refractivity contribution in [3.05, 3.63) is 29.8 Å². The second-order valence-corrected chi connectivity index (χ2v) is 5.57. The maximum absolute atomic E-state index is 14.2. The lowest BCUT2D eigenvalue weighted by Gasteiger charge is -2.34. The quantitative estimate of drug-likeness (QED) is 0.764. The Hall–Kier alpha value is -1.13. The topological polar surface area (TPSA) is 27.7 Å². The van der Waals surface area contributed by atoms with E-state index in [1.54, 1.807) is 0 Å². The van der Waals surface area contributed by atoms with E-state index in [0.29, 0.717) is 13.0 Å². The van der Waals surface area contributed by atoms with Crippen molar-refractivity contribution in [2.24, 2.45) is 0 Å². The first kappa shape index (κ1) is 16.2. The molecule has 0 aromatic heterocycles. The molecular formula is C17H25FO3. The molecule has 1 aliphatic rings. The molecule has 3 nitrogen and oxygen atoms in total. The highest BCUT2D eigenvalue weighted by molar-refractivity contribution is 5.27.